The molecule has 34 heavy (non-hydrogen) atoms. The van der Waals surface area contributed by atoms with Crippen LogP contribution in [0.25, 0.3) is 0 Å². The lowest BCUT2D eigenvalue weighted by atomic mass is 10.0. The minimum Gasteiger partial charge on any atom is -0.338 e. The minimum atomic E-state index is 1.09. The van der Waals surface area contributed by atoms with Gasteiger partial charge in [-0.1, -0.05) is 140 Å². The molecule has 1 heterocycles. The van der Waals surface area contributed by atoms with Gasteiger partial charge in [-0.3, -0.25) is 0 Å². The van der Waals surface area contributed by atoms with Crippen molar-refractivity contribution in [1.82, 2.24) is 9.55 Å². The SMILES string of the molecule is CCCCCCCCCCCCCCCCCCCc1nc(CCCc2ccccc2)cn1C. The Hall–Kier alpha value is -1.57. The van der Waals surface area contributed by atoms with E-state index in [9.17, 15) is 0 Å². The molecule has 0 aliphatic carbocycles. The van der Waals surface area contributed by atoms with Crippen molar-refractivity contribution in [3.8, 4) is 0 Å². The average molecular weight is 467 g/mol. The summed E-state index contributed by atoms with van der Waals surface area (Å²) in [6.07, 6.45) is 31.1. The Labute approximate surface area is 212 Å². The number of hydrogen-bond acceptors (Lipinski definition) is 1. The molecule has 0 atom stereocenters. The van der Waals surface area contributed by atoms with Crippen LogP contribution >= 0.6 is 0 Å². The van der Waals surface area contributed by atoms with Gasteiger partial charge in [-0.05, 0) is 31.2 Å². The van der Waals surface area contributed by atoms with Gasteiger partial charge in [-0.15, -0.1) is 0 Å². The third kappa shape index (κ3) is 14.0. The molecule has 0 aliphatic heterocycles. The van der Waals surface area contributed by atoms with E-state index >= 15 is 0 Å². The molecule has 2 heteroatoms. The van der Waals surface area contributed by atoms with E-state index in [-0.39, 0.29) is 0 Å². The fraction of sp³-hybridized carbons (Fsp3) is 0.719. The van der Waals surface area contributed by atoms with Gasteiger partial charge < -0.3 is 4.57 Å². The van der Waals surface area contributed by atoms with Gasteiger partial charge in [-0.2, -0.15) is 0 Å². The number of aryl methyl sites for hydroxylation is 4. The van der Waals surface area contributed by atoms with Crippen LogP contribution in [0.5, 0.6) is 0 Å². The molecule has 0 fully saturated rings. The number of hydrogen-bond donors (Lipinski definition) is 0. The van der Waals surface area contributed by atoms with Crippen LogP contribution < -0.4 is 0 Å². The number of nitrogens with zero attached hydrogens (tertiary/aromatic N) is 2. The monoisotopic (exact) mass is 466 g/mol. The van der Waals surface area contributed by atoms with E-state index < -0.39 is 0 Å². The second-order valence-electron chi connectivity index (χ2n) is 10.5. The lowest BCUT2D eigenvalue weighted by Gasteiger charge is -2.04. The first-order valence-electron chi connectivity index (χ1n) is 14.8. The van der Waals surface area contributed by atoms with Crippen LogP contribution in [0.3, 0.4) is 0 Å². The van der Waals surface area contributed by atoms with Gasteiger partial charge in [0.1, 0.15) is 5.82 Å². The van der Waals surface area contributed by atoms with Gasteiger partial charge >= 0.3 is 0 Å². The lowest BCUT2D eigenvalue weighted by Crippen LogP contribution is -1.97. The Bertz CT molecular complexity index is 703. The molecule has 0 radical (unpaired) electrons. The zero-order valence-electron chi connectivity index (χ0n) is 22.7. The standard InChI is InChI=1S/C32H54N2/c1-3-4-5-6-7-8-9-10-11-12-13-14-15-16-17-18-22-28-32-33-31(29-34(32)2)27-23-26-30-24-20-19-21-25-30/h19-21,24-25,29H,3-18,22-23,26-28H2,1-2H3. The van der Waals surface area contributed by atoms with Crippen molar-refractivity contribution in [2.24, 2.45) is 7.05 Å². The van der Waals surface area contributed by atoms with E-state index in [0.717, 1.165) is 19.3 Å². The maximum Gasteiger partial charge on any atom is 0.108 e. The molecule has 0 aliphatic rings. The van der Waals surface area contributed by atoms with Crippen LogP contribution in [0.15, 0.2) is 36.5 Å². The molecule has 192 valence electrons. The third-order valence-corrected chi connectivity index (χ3v) is 7.27. The zero-order chi connectivity index (χ0) is 24.1. The Balaban J connectivity index is 1.37. The molecule has 0 bridgehead atoms. The molecule has 1 aromatic carbocycles. The molecule has 2 rings (SSSR count). The number of aromatic nitrogens is 2. The lowest BCUT2D eigenvalue weighted by molar-refractivity contribution is 0.526. The molecule has 0 N–H and O–H groups in total. The van der Waals surface area contributed by atoms with Crippen molar-refractivity contribution in [2.75, 3.05) is 0 Å². The van der Waals surface area contributed by atoms with Gasteiger partial charge in [0.25, 0.3) is 0 Å². The van der Waals surface area contributed by atoms with Crippen molar-refractivity contribution in [3.05, 3.63) is 53.6 Å². The van der Waals surface area contributed by atoms with Gasteiger partial charge in [0, 0.05) is 19.7 Å². The fourth-order valence-electron chi connectivity index (χ4n) is 5.05. The topological polar surface area (TPSA) is 17.8 Å². The molecule has 2 aromatic rings. The van der Waals surface area contributed by atoms with Gasteiger partial charge in [-0.25, -0.2) is 4.98 Å². The summed E-state index contributed by atoms with van der Waals surface area (Å²) < 4.78 is 2.25. The van der Waals surface area contributed by atoms with Gasteiger partial charge in [0.2, 0.25) is 0 Å². The van der Waals surface area contributed by atoms with Crippen molar-refractivity contribution >= 4 is 0 Å². The summed E-state index contributed by atoms with van der Waals surface area (Å²) in [6, 6.07) is 10.8. The predicted molar refractivity (Wildman–Crippen MR) is 150 cm³/mol. The third-order valence-electron chi connectivity index (χ3n) is 7.27. The summed E-state index contributed by atoms with van der Waals surface area (Å²) in [5.41, 5.74) is 2.70. The highest BCUT2D eigenvalue weighted by molar-refractivity contribution is 5.15. The second kappa shape index (κ2) is 19.7. The first-order valence-corrected chi connectivity index (χ1v) is 14.8. The average Bonchev–Trinajstić information content (AvgIpc) is 3.20. The normalized spacial score (nSPS) is 11.4. The second-order valence-corrected chi connectivity index (χ2v) is 10.5. The van der Waals surface area contributed by atoms with E-state index in [2.05, 4.69) is 55.1 Å². The molecular weight excluding hydrogens is 412 g/mol. The highest BCUT2D eigenvalue weighted by Gasteiger charge is 2.05. The highest BCUT2D eigenvalue weighted by atomic mass is 15.0. The van der Waals surface area contributed by atoms with E-state index in [1.807, 2.05) is 0 Å². The molecule has 0 spiro atoms. The summed E-state index contributed by atoms with van der Waals surface area (Å²) in [5.74, 6) is 1.27. The maximum atomic E-state index is 4.91. The zero-order valence-corrected chi connectivity index (χ0v) is 22.7. The molecule has 0 unspecified atom stereocenters. The van der Waals surface area contributed by atoms with Gasteiger partial charge in [0.05, 0.1) is 5.69 Å². The number of imidazole rings is 1. The summed E-state index contributed by atoms with van der Waals surface area (Å²) in [7, 11) is 2.16. The number of rotatable bonds is 22. The molecule has 1 aromatic heterocycles. The molecule has 0 saturated carbocycles. The van der Waals surface area contributed by atoms with E-state index in [1.165, 1.54) is 133 Å². The van der Waals surface area contributed by atoms with E-state index in [4.69, 9.17) is 4.98 Å². The first-order chi connectivity index (χ1) is 16.8. The van der Waals surface area contributed by atoms with Crippen molar-refractivity contribution < 1.29 is 0 Å². The molecule has 0 saturated heterocycles. The van der Waals surface area contributed by atoms with Crippen molar-refractivity contribution in [2.45, 2.75) is 142 Å². The van der Waals surface area contributed by atoms with Crippen LogP contribution in [-0.4, -0.2) is 9.55 Å². The van der Waals surface area contributed by atoms with E-state index in [1.54, 1.807) is 0 Å². The number of benzene rings is 1. The first kappa shape index (κ1) is 28.7. The predicted octanol–water partition coefficient (Wildman–Crippen LogP) is 9.79. The molecule has 0 amide bonds. The summed E-state index contributed by atoms with van der Waals surface area (Å²) >= 11 is 0. The quantitative estimate of drug-likeness (QED) is 0.158. The van der Waals surface area contributed by atoms with Crippen molar-refractivity contribution in [3.63, 3.8) is 0 Å². The largest absolute Gasteiger partial charge is 0.338 e. The Morgan fingerprint density at radius 1 is 0.559 bits per heavy atom. The highest BCUT2D eigenvalue weighted by Crippen LogP contribution is 2.15. The Kier molecular flexibility index (Phi) is 16.6. The van der Waals surface area contributed by atoms with E-state index in [0.29, 0.717) is 0 Å². The van der Waals surface area contributed by atoms with Gasteiger partial charge in [0.15, 0.2) is 0 Å². The summed E-state index contributed by atoms with van der Waals surface area (Å²) in [5, 5.41) is 0. The van der Waals surface area contributed by atoms with Crippen LogP contribution in [0, 0.1) is 0 Å². The smallest absolute Gasteiger partial charge is 0.108 e. The molecular formula is C32H54N2. The fourth-order valence-corrected chi connectivity index (χ4v) is 5.05. The molecule has 2 nitrogen and oxygen atoms in total. The van der Waals surface area contributed by atoms with Crippen LogP contribution in [0.2, 0.25) is 0 Å². The maximum absolute atomic E-state index is 4.91. The van der Waals surface area contributed by atoms with Crippen LogP contribution in [0.1, 0.15) is 140 Å². The summed E-state index contributed by atoms with van der Waals surface area (Å²) in [6.45, 7) is 2.30. The Morgan fingerprint density at radius 2 is 1.06 bits per heavy atom. The number of unbranched alkanes of at least 4 members (excludes halogenated alkanes) is 16. The summed E-state index contributed by atoms with van der Waals surface area (Å²) in [4.78, 5) is 4.91. The minimum absolute atomic E-state index is 1.09. The Morgan fingerprint density at radius 3 is 1.59 bits per heavy atom. The van der Waals surface area contributed by atoms with Crippen molar-refractivity contribution in [1.29, 1.82) is 0 Å². The van der Waals surface area contributed by atoms with Crippen LogP contribution in [0.4, 0.5) is 0 Å². The van der Waals surface area contributed by atoms with Crippen LogP contribution in [-0.2, 0) is 26.3 Å².